The first-order chi connectivity index (χ1) is 7.30. The summed E-state index contributed by atoms with van der Waals surface area (Å²) in [7, 11) is 0. The van der Waals surface area contributed by atoms with Crippen molar-refractivity contribution in [3.63, 3.8) is 0 Å². The van der Waals surface area contributed by atoms with Crippen molar-refractivity contribution in [2.75, 3.05) is 0 Å². The van der Waals surface area contributed by atoms with Crippen LogP contribution >= 0.6 is 0 Å². The van der Waals surface area contributed by atoms with Crippen LogP contribution in [0.3, 0.4) is 0 Å². The highest BCUT2D eigenvalue weighted by Crippen LogP contribution is 2.31. The van der Waals surface area contributed by atoms with E-state index in [-0.39, 0.29) is 17.4 Å². The van der Waals surface area contributed by atoms with Crippen molar-refractivity contribution in [2.24, 2.45) is 5.73 Å². The van der Waals surface area contributed by atoms with Gasteiger partial charge in [0.1, 0.15) is 11.8 Å². The van der Waals surface area contributed by atoms with Gasteiger partial charge in [0.25, 0.3) is 0 Å². The van der Waals surface area contributed by atoms with Crippen LogP contribution in [0.2, 0.25) is 0 Å². The lowest BCUT2D eigenvalue weighted by molar-refractivity contribution is -0.149. The first kappa shape index (κ1) is 12.8. The van der Waals surface area contributed by atoms with E-state index < -0.39 is 12.2 Å². The predicted molar refractivity (Wildman–Crippen MR) is 53.0 cm³/mol. The summed E-state index contributed by atoms with van der Waals surface area (Å²) in [6.07, 6.45) is -2.16. The third-order valence-corrected chi connectivity index (χ3v) is 1.82. The summed E-state index contributed by atoms with van der Waals surface area (Å²) in [5.74, 6) is 0.284. The highest BCUT2D eigenvalue weighted by atomic mass is 19.4. The van der Waals surface area contributed by atoms with Crippen LogP contribution in [0.1, 0.15) is 25.5 Å². The first-order valence-corrected chi connectivity index (χ1v) is 4.74. The molecule has 0 spiro atoms. The minimum atomic E-state index is -4.47. The third-order valence-electron chi connectivity index (χ3n) is 1.82. The summed E-state index contributed by atoms with van der Waals surface area (Å²) in [5.41, 5.74) is 4.95. The van der Waals surface area contributed by atoms with Gasteiger partial charge < -0.3 is 10.5 Å². The van der Waals surface area contributed by atoms with Crippen LogP contribution in [-0.2, 0) is 0 Å². The number of halogens is 3. The molecule has 0 amide bonds. The number of nitrogens with two attached hydrogens (primary N) is 1. The zero-order chi connectivity index (χ0) is 12.3. The minimum absolute atomic E-state index is 0.106. The average Bonchev–Trinajstić information content (AvgIpc) is 2.14. The zero-order valence-electron chi connectivity index (χ0n) is 8.95. The summed E-state index contributed by atoms with van der Waals surface area (Å²) in [6, 6.07) is -0.777. The number of ether oxygens (including phenoxy) is 1. The van der Waals surface area contributed by atoms with Crippen LogP contribution in [0, 0.1) is 0 Å². The van der Waals surface area contributed by atoms with E-state index in [1.54, 1.807) is 13.8 Å². The Balaban J connectivity index is 2.90. The van der Waals surface area contributed by atoms with Crippen LogP contribution in [0.4, 0.5) is 13.2 Å². The Morgan fingerprint density at radius 3 is 2.44 bits per heavy atom. The molecule has 0 bridgehead atoms. The average molecular weight is 234 g/mol. The summed E-state index contributed by atoms with van der Waals surface area (Å²) in [6.45, 7) is 3.55. The van der Waals surface area contributed by atoms with Crippen LogP contribution in [0.25, 0.3) is 0 Å². The van der Waals surface area contributed by atoms with Crippen molar-refractivity contribution in [3.05, 3.63) is 24.0 Å². The largest absolute Gasteiger partial charge is 0.489 e. The smallest absolute Gasteiger partial charge is 0.407 e. The van der Waals surface area contributed by atoms with Gasteiger partial charge in [-0.25, -0.2) is 0 Å². The molecule has 0 aliphatic heterocycles. The van der Waals surface area contributed by atoms with E-state index in [4.69, 9.17) is 10.5 Å². The van der Waals surface area contributed by atoms with Crippen LogP contribution in [-0.4, -0.2) is 17.3 Å². The number of hydrogen-bond acceptors (Lipinski definition) is 3. The molecule has 1 aromatic rings. The number of pyridine rings is 1. The van der Waals surface area contributed by atoms with Crippen LogP contribution < -0.4 is 10.5 Å². The number of nitrogens with zero attached hydrogens (tertiary/aromatic N) is 1. The summed E-state index contributed by atoms with van der Waals surface area (Å²) in [5, 5.41) is 0. The minimum Gasteiger partial charge on any atom is -0.489 e. The number of alkyl halides is 3. The Morgan fingerprint density at radius 2 is 1.94 bits per heavy atom. The second-order valence-electron chi connectivity index (χ2n) is 3.64. The van der Waals surface area contributed by atoms with Gasteiger partial charge in [-0.2, -0.15) is 13.2 Å². The van der Waals surface area contributed by atoms with Gasteiger partial charge in [0.2, 0.25) is 0 Å². The summed E-state index contributed by atoms with van der Waals surface area (Å²) in [4.78, 5) is 3.67. The number of hydrogen-bond donors (Lipinski definition) is 1. The van der Waals surface area contributed by atoms with E-state index in [0.717, 1.165) is 6.20 Å². The highest BCUT2D eigenvalue weighted by molar-refractivity contribution is 5.26. The van der Waals surface area contributed by atoms with Gasteiger partial charge in [0.05, 0.1) is 12.3 Å². The monoisotopic (exact) mass is 234 g/mol. The molecule has 1 rings (SSSR count). The fourth-order valence-electron chi connectivity index (χ4n) is 1.13. The molecule has 1 atom stereocenters. The lowest BCUT2D eigenvalue weighted by atomic mass is 10.1. The standard InChI is InChI=1S/C10H13F3N2O/c1-6(2)16-8-3-7(4-15-5-8)9(14)10(11,12)13/h3-6,9H,14H2,1-2H3. The van der Waals surface area contributed by atoms with Crippen molar-refractivity contribution >= 4 is 0 Å². The van der Waals surface area contributed by atoms with E-state index in [2.05, 4.69) is 4.98 Å². The molecule has 2 N–H and O–H groups in total. The Labute approximate surface area is 91.4 Å². The van der Waals surface area contributed by atoms with Gasteiger partial charge in [0.15, 0.2) is 0 Å². The molecular weight excluding hydrogens is 221 g/mol. The van der Waals surface area contributed by atoms with Gasteiger partial charge >= 0.3 is 6.18 Å². The van der Waals surface area contributed by atoms with E-state index in [9.17, 15) is 13.2 Å². The molecule has 0 saturated heterocycles. The molecule has 0 radical (unpaired) electrons. The Bertz CT molecular complexity index is 352. The third kappa shape index (κ3) is 3.37. The molecule has 0 aliphatic rings. The van der Waals surface area contributed by atoms with Crippen molar-refractivity contribution in [2.45, 2.75) is 32.2 Å². The molecular formula is C10H13F3N2O. The van der Waals surface area contributed by atoms with Gasteiger partial charge in [0, 0.05) is 6.20 Å². The second kappa shape index (κ2) is 4.69. The predicted octanol–water partition coefficient (Wildman–Crippen LogP) is 2.43. The molecule has 1 heterocycles. The molecule has 0 aliphatic carbocycles. The van der Waals surface area contributed by atoms with Gasteiger partial charge in [-0.1, -0.05) is 0 Å². The number of rotatable bonds is 3. The Hall–Kier alpha value is -1.30. The first-order valence-electron chi connectivity index (χ1n) is 4.74. The molecule has 1 unspecified atom stereocenters. The van der Waals surface area contributed by atoms with Crippen molar-refractivity contribution in [1.29, 1.82) is 0 Å². The van der Waals surface area contributed by atoms with Gasteiger partial charge in [-0.15, -0.1) is 0 Å². The normalized spacial score (nSPS) is 13.9. The molecule has 16 heavy (non-hydrogen) atoms. The Kier molecular flexibility index (Phi) is 3.74. The number of aromatic nitrogens is 1. The Morgan fingerprint density at radius 1 is 1.31 bits per heavy atom. The van der Waals surface area contributed by atoms with E-state index in [0.29, 0.717) is 0 Å². The van der Waals surface area contributed by atoms with E-state index in [1.165, 1.54) is 12.3 Å². The van der Waals surface area contributed by atoms with E-state index in [1.807, 2.05) is 0 Å². The molecule has 1 aromatic heterocycles. The quantitative estimate of drug-likeness (QED) is 0.873. The van der Waals surface area contributed by atoms with Crippen molar-refractivity contribution < 1.29 is 17.9 Å². The molecule has 0 fully saturated rings. The maximum atomic E-state index is 12.3. The van der Waals surface area contributed by atoms with Crippen LogP contribution in [0.15, 0.2) is 18.5 Å². The summed E-state index contributed by atoms with van der Waals surface area (Å²) < 4.78 is 42.2. The molecule has 90 valence electrons. The fraction of sp³-hybridized carbons (Fsp3) is 0.500. The van der Waals surface area contributed by atoms with Crippen molar-refractivity contribution in [1.82, 2.24) is 4.98 Å². The molecule has 0 saturated carbocycles. The highest BCUT2D eigenvalue weighted by Gasteiger charge is 2.38. The molecule has 6 heteroatoms. The fourth-order valence-corrected chi connectivity index (χ4v) is 1.13. The molecule has 3 nitrogen and oxygen atoms in total. The lowest BCUT2D eigenvalue weighted by Crippen LogP contribution is -2.28. The van der Waals surface area contributed by atoms with Gasteiger partial charge in [-0.3, -0.25) is 4.98 Å². The zero-order valence-corrected chi connectivity index (χ0v) is 8.95. The summed E-state index contributed by atoms with van der Waals surface area (Å²) >= 11 is 0. The maximum absolute atomic E-state index is 12.3. The maximum Gasteiger partial charge on any atom is 0.407 e. The van der Waals surface area contributed by atoms with E-state index >= 15 is 0 Å². The topological polar surface area (TPSA) is 48.1 Å². The molecule has 0 aromatic carbocycles. The van der Waals surface area contributed by atoms with Crippen molar-refractivity contribution in [3.8, 4) is 5.75 Å². The SMILES string of the molecule is CC(C)Oc1cncc(C(N)C(F)(F)F)c1. The van der Waals surface area contributed by atoms with Crippen LogP contribution in [0.5, 0.6) is 5.75 Å². The second-order valence-corrected chi connectivity index (χ2v) is 3.64. The lowest BCUT2D eigenvalue weighted by Gasteiger charge is -2.16. The van der Waals surface area contributed by atoms with Gasteiger partial charge in [-0.05, 0) is 25.5 Å².